The third kappa shape index (κ3) is 4.89. The quantitative estimate of drug-likeness (QED) is 0.372. The molecule has 1 saturated heterocycles. The fraction of sp³-hybridized carbons (Fsp3) is 0.211. The van der Waals surface area contributed by atoms with Gasteiger partial charge in [0.15, 0.2) is 4.90 Å². The summed E-state index contributed by atoms with van der Waals surface area (Å²) >= 11 is 3.35. The van der Waals surface area contributed by atoms with Crippen molar-refractivity contribution in [3.8, 4) is 0 Å². The summed E-state index contributed by atoms with van der Waals surface area (Å²) in [5, 5.41) is 11.2. The predicted molar refractivity (Wildman–Crippen MR) is 112 cm³/mol. The van der Waals surface area contributed by atoms with Crippen molar-refractivity contribution >= 4 is 43.6 Å². The van der Waals surface area contributed by atoms with Gasteiger partial charge in [0.05, 0.1) is 4.92 Å². The molecule has 1 aliphatic heterocycles. The molecular formula is C19H18BrN3O5S. The lowest BCUT2D eigenvalue weighted by Gasteiger charge is -2.33. The zero-order chi connectivity index (χ0) is 21.0. The Morgan fingerprint density at radius 1 is 1.03 bits per heavy atom. The van der Waals surface area contributed by atoms with Crippen LogP contribution < -0.4 is 0 Å². The molecule has 0 aliphatic carbocycles. The van der Waals surface area contributed by atoms with Crippen LogP contribution >= 0.6 is 15.9 Å². The third-order valence-corrected chi connectivity index (χ3v) is 6.99. The van der Waals surface area contributed by atoms with Gasteiger partial charge in [-0.05, 0) is 29.8 Å². The number of nitrogens with zero attached hydrogens (tertiary/aromatic N) is 3. The van der Waals surface area contributed by atoms with Gasteiger partial charge >= 0.3 is 0 Å². The van der Waals surface area contributed by atoms with E-state index in [2.05, 4.69) is 15.9 Å². The maximum absolute atomic E-state index is 12.8. The summed E-state index contributed by atoms with van der Waals surface area (Å²) in [4.78, 5) is 24.1. The first-order valence-electron chi connectivity index (χ1n) is 8.75. The number of nitro benzene ring substituents is 1. The molecule has 2 aromatic rings. The fourth-order valence-electron chi connectivity index (χ4n) is 2.96. The molecular weight excluding hydrogens is 462 g/mol. The summed E-state index contributed by atoms with van der Waals surface area (Å²) in [6.07, 6.45) is 3.15. The van der Waals surface area contributed by atoms with E-state index in [4.69, 9.17) is 0 Å². The number of carbonyl (C=O) groups excluding carboxylic acids is 1. The lowest BCUT2D eigenvalue weighted by atomic mass is 10.2. The minimum atomic E-state index is -4.01. The lowest BCUT2D eigenvalue weighted by molar-refractivity contribution is -0.387. The number of nitro groups is 1. The van der Waals surface area contributed by atoms with E-state index in [0.29, 0.717) is 0 Å². The molecule has 0 bridgehead atoms. The van der Waals surface area contributed by atoms with Gasteiger partial charge in [0.2, 0.25) is 15.9 Å². The molecule has 0 saturated carbocycles. The zero-order valence-corrected chi connectivity index (χ0v) is 17.7. The van der Waals surface area contributed by atoms with E-state index in [-0.39, 0.29) is 37.0 Å². The highest BCUT2D eigenvalue weighted by Gasteiger charge is 2.34. The second-order valence-corrected chi connectivity index (χ2v) is 9.16. The number of benzene rings is 2. The van der Waals surface area contributed by atoms with Crippen molar-refractivity contribution in [2.24, 2.45) is 0 Å². The number of rotatable bonds is 5. The average Bonchev–Trinajstić information content (AvgIpc) is 2.73. The van der Waals surface area contributed by atoms with Crippen LogP contribution in [-0.4, -0.2) is 54.6 Å². The van der Waals surface area contributed by atoms with E-state index in [1.165, 1.54) is 34.6 Å². The summed E-state index contributed by atoms with van der Waals surface area (Å²) in [5.74, 6) is -0.212. The summed E-state index contributed by atoms with van der Waals surface area (Å²) in [6, 6.07) is 12.7. The summed E-state index contributed by atoms with van der Waals surface area (Å²) < 4.78 is 27.8. The summed E-state index contributed by atoms with van der Waals surface area (Å²) in [7, 11) is -4.01. The second kappa shape index (κ2) is 8.85. The predicted octanol–water partition coefficient (Wildman–Crippen LogP) is 2.90. The minimum absolute atomic E-state index is 0.0756. The first-order valence-corrected chi connectivity index (χ1v) is 11.0. The lowest BCUT2D eigenvalue weighted by Crippen LogP contribution is -2.50. The van der Waals surface area contributed by atoms with Crippen LogP contribution in [0, 0.1) is 10.1 Å². The smallest absolute Gasteiger partial charge is 0.289 e. The number of carbonyl (C=O) groups is 1. The number of hydrogen-bond donors (Lipinski definition) is 0. The Morgan fingerprint density at radius 3 is 2.28 bits per heavy atom. The Labute approximate surface area is 176 Å². The number of halogens is 1. The number of para-hydroxylation sites is 1. The second-order valence-electron chi connectivity index (χ2n) is 6.34. The summed E-state index contributed by atoms with van der Waals surface area (Å²) in [6.45, 7) is 0.575. The number of hydrogen-bond acceptors (Lipinski definition) is 5. The van der Waals surface area contributed by atoms with Crippen molar-refractivity contribution in [3.63, 3.8) is 0 Å². The van der Waals surface area contributed by atoms with Gasteiger partial charge in [0, 0.05) is 42.8 Å². The third-order valence-electron chi connectivity index (χ3n) is 4.52. The van der Waals surface area contributed by atoms with Crippen LogP contribution in [0.1, 0.15) is 5.56 Å². The summed E-state index contributed by atoms with van der Waals surface area (Å²) in [5.41, 5.74) is 0.419. The molecule has 3 rings (SSSR count). The molecule has 10 heteroatoms. The van der Waals surface area contributed by atoms with Gasteiger partial charge in [-0.1, -0.05) is 40.2 Å². The van der Waals surface area contributed by atoms with Gasteiger partial charge in [-0.3, -0.25) is 14.9 Å². The van der Waals surface area contributed by atoms with E-state index in [1.807, 2.05) is 24.3 Å². The van der Waals surface area contributed by atoms with Crippen LogP contribution in [-0.2, 0) is 14.8 Å². The van der Waals surface area contributed by atoms with E-state index in [0.717, 1.165) is 10.0 Å². The van der Waals surface area contributed by atoms with Crippen LogP contribution in [0.15, 0.2) is 64.0 Å². The van der Waals surface area contributed by atoms with E-state index in [1.54, 1.807) is 11.0 Å². The van der Waals surface area contributed by atoms with Crippen molar-refractivity contribution in [3.05, 3.63) is 74.8 Å². The highest BCUT2D eigenvalue weighted by atomic mass is 79.9. The van der Waals surface area contributed by atoms with Crippen LogP contribution in [0.4, 0.5) is 5.69 Å². The molecule has 1 fully saturated rings. The molecule has 2 aromatic carbocycles. The van der Waals surface area contributed by atoms with Crippen LogP contribution in [0.2, 0.25) is 0 Å². The minimum Gasteiger partial charge on any atom is -0.337 e. The topological polar surface area (TPSA) is 101 Å². The van der Waals surface area contributed by atoms with Gasteiger partial charge in [0.25, 0.3) is 5.69 Å². The van der Waals surface area contributed by atoms with Crippen molar-refractivity contribution in [2.75, 3.05) is 26.2 Å². The molecule has 0 N–H and O–H groups in total. The van der Waals surface area contributed by atoms with Gasteiger partial charge in [-0.25, -0.2) is 8.42 Å². The molecule has 1 heterocycles. The Balaban J connectivity index is 1.66. The Kier molecular flexibility index (Phi) is 6.46. The molecule has 0 aromatic heterocycles. The molecule has 0 unspecified atom stereocenters. The zero-order valence-electron chi connectivity index (χ0n) is 15.3. The van der Waals surface area contributed by atoms with Crippen molar-refractivity contribution in [1.82, 2.24) is 9.21 Å². The fourth-order valence-corrected chi connectivity index (χ4v) is 4.80. The van der Waals surface area contributed by atoms with Gasteiger partial charge in [0.1, 0.15) is 0 Å². The van der Waals surface area contributed by atoms with Gasteiger partial charge in [-0.2, -0.15) is 4.31 Å². The van der Waals surface area contributed by atoms with Crippen LogP contribution in [0.3, 0.4) is 0 Å². The Hall–Kier alpha value is -2.56. The standard InChI is InChI=1S/C19H18BrN3O5S/c20-16-8-5-15(6-9-16)7-10-19(24)21-11-13-22(14-12-21)29(27,28)18-4-2-1-3-17(18)23(25)26/h1-10H,11-14H2/b10-7+. The van der Waals surface area contributed by atoms with Gasteiger partial charge in [-0.15, -0.1) is 0 Å². The number of sulfonamides is 1. The normalized spacial score (nSPS) is 15.6. The molecule has 0 atom stereocenters. The van der Waals surface area contributed by atoms with Crippen molar-refractivity contribution in [1.29, 1.82) is 0 Å². The van der Waals surface area contributed by atoms with Gasteiger partial charge < -0.3 is 4.90 Å². The molecule has 1 aliphatic rings. The molecule has 0 radical (unpaired) electrons. The Bertz CT molecular complexity index is 1050. The van der Waals surface area contributed by atoms with Crippen LogP contribution in [0.5, 0.6) is 0 Å². The molecule has 1 amide bonds. The first-order chi connectivity index (χ1) is 13.8. The average molecular weight is 480 g/mol. The van der Waals surface area contributed by atoms with E-state index in [9.17, 15) is 23.3 Å². The maximum Gasteiger partial charge on any atom is 0.289 e. The molecule has 8 nitrogen and oxygen atoms in total. The molecule has 0 spiro atoms. The highest BCUT2D eigenvalue weighted by molar-refractivity contribution is 9.10. The molecule has 152 valence electrons. The highest BCUT2D eigenvalue weighted by Crippen LogP contribution is 2.27. The largest absolute Gasteiger partial charge is 0.337 e. The van der Waals surface area contributed by atoms with E-state index >= 15 is 0 Å². The first kappa shape index (κ1) is 21.2. The SMILES string of the molecule is O=C(/C=C/c1ccc(Br)cc1)N1CCN(S(=O)(=O)c2ccccc2[N+](=O)[O-])CC1. The van der Waals surface area contributed by atoms with E-state index < -0.39 is 20.6 Å². The van der Waals surface area contributed by atoms with Crippen molar-refractivity contribution in [2.45, 2.75) is 4.90 Å². The van der Waals surface area contributed by atoms with Crippen molar-refractivity contribution < 1.29 is 18.1 Å². The Morgan fingerprint density at radius 2 is 1.66 bits per heavy atom. The molecule has 29 heavy (non-hydrogen) atoms. The maximum atomic E-state index is 12.8. The number of amides is 1. The monoisotopic (exact) mass is 479 g/mol. The van der Waals surface area contributed by atoms with Crippen LogP contribution in [0.25, 0.3) is 6.08 Å². The number of piperazine rings is 1.